The summed E-state index contributed by atoms with van der Waals surface area (Å²) in [6.07, 6.45) is 1.85. The Labute approximate surface area is 126 Å². The largest absolute Gasteiger partial charge is 0.508 e. The van der Waals surface area contributed by atoms with Gasteiger partial charge in [0.05, 0.1) is 13.2 Å². The maximum atomic E-state index is 9.33. The van der Waals surface area contributed by atoms with Crippen molar-refractivity contribution in [3.63, 3.8) is 0 Å². The molecule has 0 unspecified atom stereocenters. The van der Waals surface area contributed by atoms with Gasteiger partial charge < -0.3 is 14.6 Å². The summed E-state index contributed by atoms with van der Waals surface area (Å²) in [5.41, 5.74) is 2.45. The molecule has 1 N–H and O–H groups in total. The van der Waals surface area contributed by atoms with Crippen LogP contribution in [0.15, 0.2) is 42.5 Å². The van der Waals surface area contributed by atoms with E-state index in [4.69, 9.17) is 9.47 Å². The molecule has 0 saturated carbocycles. The van der Waals surface area contributed by atoms with Crippen molar-refractivity contribution in [2.75, 3.05) is 13.2 Å². The SMILES string of the molecule is Cc1cccc(OCCCCOc2cccc(O)c2)c1C. The lowest BCUT2D eigenvalue weighted by atomic mass is 10.1. The Morgan fingerprint density at radius 3 is 2.38 bits per heavy atom. The molecule has 3 nitrogen and oxygen atoms in total. The van der Waals surface area contributed by atoms with E-state index in [-0.39, 0.29) is 5.75 Å². The van der Waals surface area contributed by atoms with Crippen molar-refractivity contribution in [2.45, 2.75) is 26.7 Å². The van der Waals surface area contributed by atoms with Crippen LogP contribution >= 0.6 is 0 Å². The fraction of sp³-hybridized carbons (Fsp3) is 0.333. The minimum absolute atomic E-state index is 0.228. The van der Waals surface area contributed by atoms with Gasteiger partial charge in [-0.2, -0.15) is 0 Å². The van der Waals surface area contributed by atoms with Crippen LogP contribution in [0.3, 0.4) is 0 Å². The second-order valence-electron chi connectivity index (χ2n) is 5.10. The molecule has 0 aliphatic rings. The van der Waals surface area contributed by atoms with E-state index in [1.807, 2.05) is 18.2 Å². The van der Waals surface area contributed by atoms with Crippen LogP contribution in [0.1, 0.15) is 24.0 Å². The van der Waals surface area contributed by atoms with E-state index < -0.39 is 0 Å². The second-order valence-corrected chi connectivity index (χ2v) is 5.10. The molecule has 2 aromatic rings. The molecular formula is C18H22O3. The van der Waals surface area contributed by atoms with Gasteiger partial charge in [0.25, 0.3) is 0 Å². The van der Waals surface area contributed by atoms with Crippen LogP contribution < -0.4 is 9.47 Å². The van der Waals surface area contributed by atoms with Crippen LogP contribution in [0.4, 0.5) is 0 Å². The summed E-state index contributed by atoms with van der Waals surface area (Å²) in [4.78, 5) is 0. The molecule has 3 heteroatoms. The third-order valence-corrected chi connectivity index (χ3v) is 3.44. The molecule has 0 atom stereocenters. The summed E-state index contributed by atoms with van der Waals surface area (Å²) < 4.78 is 11.4. The average Bonchev–Trinajstić information content (AvgIpc) is 2.47. The third kappa shape index (κ3) is 4.71. The van der Waals surface area contributed by atoms with Gasteiger partial charge in [-0.15, -0.1) is 0 Å². The Morgan fingerprint density at radius 1 is 0.905 bits per heavy atom. The number of hydrogen-bond acceptors (Lipinski definition) is 3. The zero-order chi connectivity index (χ0) is 15.1. The van der Waals surface area contributed by atoms with Crippen LogP contribution in [0.2, 0.25) is 0 Å². The van der Waals surface area contributed by atoms with Crippen molar-refractivity contribution in [1.82, 2.24) is 0 Å². The molecule has 112 valence electrons. The standard InChI is InChI=1S/C18H22O3/c1-14-7-5-10-18(15(14)2)21-12-4-3-11-20-17-9-6-8-16(19)13-17/h5-10,13,19H,3-4,11-12H2,1-2H3. The molecule has 0 heterocycles. The van der Waals surface area contributed by atoms with E-state index in [0.29, 0.717) is 19.0 Å². The lowest BCUT2D eigenvalue weighted by Crippen LogP contribution is -2.03. The molecule has 0 fully saturated rings. The molecule has 0 bridgehead atoms. The number of ether oxygens (including phenoxy) is 2. The first kappa shape index (κ1) is 15.2. The van der Waals surface area contributed by atoms with Gasteiger partial charge in [-0.3, -0.25) is 0 Å². The number of hydrogen-bond donors (Lipinski definition) is 1. The van der Waals surface area contributed by atoms with E-state index in [0.717, 1.165) is 18.6 Å². The highest BCUT2D eigenvalue weighted by molar-refractivity contribution is 5.38. The van der Waals surface area contributed by atoms with Crippen molar-refractivity contribution in [3.05, 3.63) is 53.6 Å². The number of phenols is 1. The zero-order valence-electron chi connectivity index (χ0n) is 12.6. The highest BCUT2D eigenvalue weighted by Crippen LogP contribution is 2.21. The van der Waals surface area contributed by atoms with Gasteiger partial charge >= 0.3 is 0 Å². The molecule has 21 heavy (non-hydrogen) atoms. The first-order chi connectivity index (χ1) is 10.2. The highest BCUT2D eigenvalue weighted by atomic mass is 16.5. The van der Waals surface area contributed by atoms with E-state index >= 15 is 0 Å². The predicted octanol–water partition coefficient (Wildman–Crippen LogP) is 4.25. The minimum atomic E-state index is 0.228. The molecule has 0 aliphatic heterocycles. The molecule has 0 amide bonds. The first-order valence-electron chi connectivity index (χ1n) is 7.27. The molecule has 0 saturated heterocycles. The number of aryl methyl sites for hydroxylation is 1. The molecule has 2 rings (SSSR count). The maximum absolute atomic E-state index is 9.33. The molecule has 0 radical (unpaired) electrons. The second kappa shape index (κ2) is 7.58. The Hall–Kier alpha value is -2.16. The van der Waals surface area contributed by atoms with Crippen molar-refractivity contribution < 1.29 is 14.6 Å². The first-order valence-corrected chi connectivity index (χ1v) is 7.27. The van der Waals surface area contributed by atoms with Gasteiger partial charge in [0, 0.05) is 6.07 Å². The topological polar surface area (TPSA) is 38.7 Å². The summed E-state index contributed by atoms with van der Waals surface area (Å²) in [7, 11) is 0. The number of unbranched alkanes of at least 4 members (excludes halogenated alkanes) is 1. The van der Waals surface area contributed by atoms with Crippen LogP contribution in [0.25, 0.3) is 0 Å². The van der Waals surface area contributed by atoms with Crippen LogP contribution in [0.5, 0.6) is 17.2 Å². The van der Waals surface area contributed by atoms with E-state index in [1.165, 1.54) is 11.1 Å². The van der Waals surface area contributed by atoms with Gasteiger partial charge in [0.15, 0.2) is 0 Å². The van der Waals surface area contributed by atoms with Gasteiger partial charge in [-0.05, 0) is 56.0 Å². The van der Waals surface area contributed by atoms with Crippen LogP contribution in [-0.2, 0) is 0 Å². The molecule has 0 spiro atoms. The van der Waals surface area contributed by atoms with Crippen LogP contribution in [0, 0.1) is 13.8 Å². The van der Waals surface area contributed by atoms with Gasteiger partial charge in [0.2, 0.25) is 0 Å². The number of aromatic hydroxyl groups is 1. The maximum Gasteiger partial charge on any atom is 0.122 e. The van der Waals surface area contributed by atoms with Crippen molar-refractivity contribution in [2.24, 2.45) is 0 Å². The number of benzene rings is 2. The summed E-state index contributed by atoms with van der Waals surface area (Å²) in [6.45, 7) is 5.48. The van der Waals surface area contributed by atoms with E-state index in [9.17, 15) is 5.11 Å². The highest BCUT2D eigenvalue weighted by Gasteiger charge is 2.01. The smallest absolute Gasteiger partial charge is 0.122 e. The summed E-state index contributed by atoms with van der Waals surface area (Å²) in [5, 5.41) is 9.33. The fourth-order valence-electron chi connectivity index (χ4n) is 2.03. The lowest BCUT2D eigenvalue weighted by Gasteiger charge is -2.11. The summed E-state index contributed by atoms with van der Waals surface area (Å²) in [6, 6.07) is 13.0. The number of phenolic OH excluding ortho intramolecular Hbond substituents is 1. The summed E-state index contributed by atoms with van der Waals surface area (Å²) in [5.74, 6) is 1.89. The normalized spacial score (nSPS) is 10.4. The molecule has 0 aromatic heterocycles. The zero-order valence-corrected chi connectivity index (χ0v) is 12.6. The Kier molecular flexibility index (Phi) is 5.50. The van der Waals surface area contributed by atoms with Gasteiger partial charge in [0.1, 0.15) is 17.2 Å². The van der Waals surface area contributed by atoms with Crippen LogP contribution in [-0.4, -0.2) is 18.3 Å². The molecular weight excluding hydrogens is 264 g/mol. The van der Waals surface area contributed by atoms with Crippen molar-refractivity contribution >= 4 is 0 Å². The quantitative estimate of drug-likeness (QED) is 0.773. The fourth-order valence-corrected chi connectivity index (χ4v) is 2.03. The monoisotopic (exact) mass is 286 g/mol. The third-order valence-electron chi connectivity index (χ3n) is 3.44. The minimum Gasteiger partial charge on any atom is -0.508 e. The lowest BCUT2D eigenvalue weighted by molar-refractivity contribution is 0.265. The average molecular weight is 286 g/mol. The predicted molar refractivity (Wildman–Crippen MR) is 84.2 cm³/mol. The molecule has 0 aliphatic carbocycles. The van der Waals surface area contributed by atoms with E-state index in [2.05, 4.69) is 19.9 Å². The number of rotatable bonds is 7. The van der Waals surface area contributed by atoms with Crippen molar-refractivity contribution in [3.8, 4) is 17.2 Å². The Morgan fingerprint density at radius 2 is 1.62 bits per heavy atom. The Bertz CT molecular complexity index is 578. The van der Waals surface area contributed by atoms with Crippen molar-refractivity contribution in [1.29, 1.82) is 0 Å². The van der Waals surface area contributed by atoms with E-state index in [1.54, 1.807) is 18.2 Å². The van der Waals surface area contributed by atoms with Gasteiger partial charge in [-0.1, -0.05) is 18.2 Å². The molecule has 2 aromatic carbocycles. The Balaban J connectivity index is 1.65. The van der Waals surface area contributed by atoms with Gasteiger partial charge in [-0.25, -0.2) is 0 Å². The summed E-state index contributed by atoms with van der Waals surface area (Å²) >= 11 is 0.